The molecule has 4 aliphatic rings. The second-order valence-electron chi connectivity index (χ2n) is 9.60. The number of fused-ring (bicyclic) bond motifs is 5. The van der Waals surface area contributed by atoms with Crippen molar-refractivity contribution in [3.63, 3.8) is 0 Å². The van der Waals surface area contributed by atoms with Crippen LogP contribution in [0.2, 0.25) is 0 Å². The SMILES string of the molecule is COC(=O)[C@@H](O)[C@@]1(O)CC[C@H]2[C@@H]3CCC4=CC(=O)C=C[C@]4(C)[C@H]3[C@@H](O)C[C@@]21C. The van der Waals surface area contributed by atoms with Crippen molar-refractivity contribution in [2.24, 2.45) is 28.6 Å². The zero-order valence-corrected chi connectivity index (χ0v) is 16.7. The zero-order valence-electron chi connectivity index (χ0n) is 16.7. The molecule has 3 saturated carbocycles. The third-order valence-corrected chi connectivity index (χ3v) is 8.59. The largest absolute Gasteiger partial charge is 0.467 e. The Hall–Kier alpha value is -1.50. The van der Waals surface area contributed by atoms with E-state index in [1.165, 1.54) is 7.11 Å². The number of ketones is 1. The molecule has 8 atom stereocenters. The van der Waals surface area contributed by atoms with Gasteiger partial charge in [0, 0.05) is 16.7 Å². The lowest BCUT2D eigenvalue weighted by Crippen LogP contribution is -2.63. The molecule has 6 heteroatoms. The maximum Gasteiger partial charge on any atom is 0.337 e. The molecule has 0 aromatic heterocycles. The Bertz CT molecular complexity index is 771. The Labute approximate surface area is 165 Å². The maximum atomic E-state index is 12.0. The van der Waals surface area contributed by atoms with Crippen LogP contribution in [0, 0.1) is 28.6 Å². The summed E-state index contributed by atoms with van der Waals surface area (Å²) in [7, 11) is 1.20. The van der Waals surface area contributed by atoms with Gasteiger partial charge >= 0.3 is 5.97 Å². The van der Waals surface area contributed by atoms with E-state index < -0.39 is 29.2 Å². The van der Waals surface area contributed by atoms with Crippen molar-refractivity contribution in [3.05, 3.63) is 23.8 Å². The average molecular weight is 390 g/mol. The van der Waals surface area contributed by atoms with Gasteiger partial charge in [-0.25, -0.2) is 4.79 Å². The molecular formula is C22H30O6. The molecule has 4 rings (SSSR count). The Morgan fingerprint density at radius 3 is 2.71 bits per heavy atom. The molecule has 6 nitrogen and oxygen atoms in total. The van der Waals surface area contributed by atoms with Crippen LogP contribution in [0.15, 0.2) is 23.8 Å². The van der Waals surface area contributed by atoms with Crippen molar-refractivity contribution in [1.29, 1.82) is 0 Å². The van der Waals surface area contributed by atoms with E-state index in [2.05, 4.69) is 11.7 Å². The molecule has 0 aromatic rings. The summed E-state index contributed by atoms with van der Waals surface area (Å²) in [6, 6.07) is 0. The van der Waals surface area contributed by atoms with Crippen molar-refractivity contribution in [2.75, 3.05) is 7.11 Å². The van der Waals surface area contributed by atoms with Crippen LogP contribution in [0.3, 0.4) is 0 Å². The molecule has 0 bridgehead atoms. The Kier molecular flexibility index (Phi) is 4.42. The minimum Gasteiger partial charge on any atom is -0.467 e. The second kappa shape index (κ2) is 6.25. The topological polar surface area (TPSA) is 104 Å². The monoisotopic (exact) mass is 390 g/mol. The minimum absolute atomic E-state index is 0.00231. The van der Waals surface area contributed by atoms with Gasteiger partial charge < -0.3 is 20.1 Å². The van der Waals surface area contributed by atoms with E-state index in [4.69, 9.17) is 0 Å². The van der Waals surface area contributed by atoms with E-state index in [0.29, 0.717) is 19.3 Å². The predicted octanol–water partition coefficient (Wildman–Crippen LogP) is 1.53. The standard InChI is InChI=1S/C22H30O6/c1-20-8-6-13(23)10-12(20)4-5-14-15-7-9-22(27,18(25)19(26)28-3)21(15,2)11-16(24)17(14)20/h6,8,10,14-18,24-25,27H,4-5,7,9,11H2,1-3H3/t14-,15-,16-,17+,18+,20-,21-,22-/m0/s1. The number of carbonyl (C=O) groups is 2. The lowest BCUT2D eigenvalue weighted by molar-refractivity contribution is -0.209. The number of rotatable bonds is 2. The number of hydrogen-bond donors (Lipinski definition) is 3. The van der Waals surface area contributed by atoms with Crippen LogP contribution in [-0.4, -0.2) is 52.0 Å². The highest BCUT2D eigenvalue weighted by atomic mass is 16.5. The number of carbonyl (C=O) groups excluding carboxylic acids is 2. The number of hydrogen-bond acceptors (Lipinski definition) is 6. The lowest BCUT2D eigenvalue weighted by Gasteiger charge is -2.60. The molecule has 154 valence electrons. The normalized spacial score (nSPS) is 48.2. The highest BCUT2D eigenvalue weighted by Crippen LogP contribution is 2.67. The van der Waals surface area contributed by atoms with Gasteiger partial charge in [0.15, 0.2) is 11.9 Å². The molecule has 0 saturated heterocycles. The first-order valence-electron chi connectivity index (χ1n) is 10.2. The number of ether oxygens (including phenoxy) is 1. The minimum atomic E-state index is -1.63. The number of methoxy groups -OCH3 is 1. The van der Waals surface area contributed by atoms with Crippen molar-refractivity contribution >= 4 is 11.8 Å². The van der Waals surface area contributed by atoms with Crippen LogP contribution >= 0.6 is 0 Å². The van der Waals surface area contributed by atoms with Gasteiger partial charge in [0.05, 0.1) is 13.2 Å². The fourth-order valence-corrected chi connectivity index (χ4v) is 7.12. The van der Waals surface area contributed by atoms with E-state index in [1.54, 1.807) is 12.2 Å². The third kappa shape index (κ3) is 2.37. The summed E-state index contributed by atoms with van der Waals surface area (Å²) in [4.78, 5) is 23.9. The summed E-state index contributed by atoms with van der Waals surface area (Å²) < 4.78 is 4.68. The molecule has 0 aliphatic heterocycles. The van der Waals surface area contributed by atoms with Gasteiger partial charge in [-0.1, -0.05) is 25.5 Å². The molecule has 3 fully saturated rings. The number of allylic oxidation sites excluding steroid dienone is 4. The quantitative estimate of drug-likeness (QED) is 0.618. The fraction of sp³-hybridized carbons (Fsp3) is 0.727. The van der Waals surface area contributed by atoms with Crippen molar-refractivity contribution in [3.8, 4) is 0 Å². The van der Waals surface area contributed by atoms with Gasteiger partial charge in [-0.2, -0.15) is 0 Å². The third-order valence-electron chi connectivity index (χ3n) is 8.59. The molecule has 3 N–H and O–H groups in total. The summed E-state index contributed by atoms with van der Waals surface area (Å²) in [6.45, 7) is 3.99. The van der Waals surface area contributed by atoms with Crippen molar-refractivity contribution < 1.29 is 29.6 Å². The van der Waals surface area contributed by atoms with Crippen molar-refractivity contribution in [2.45, 2.75) is 63.8 Å². The number of aliphatic hydroxyl groups excluding tert-OH is 2. The Morgan fingerprint density at radius 2 is 2.04 bits per heavy atom. The smallest absolute Gasteiger partial charge is 0.337 e. The van der Waals surface area contributed by atoms with Crippen LogP contribution in [0.5, 0.6) is 0 Å². The molecule has 0 aromatic carbocycles. The zero-order chi connectivity index (χ0) is 20.5. The van der Waals surface area contributed by atoms with E-state index in [1.807, 2.05) is 13.0 Å². The summed E-state index contributed by atoms with van der Waals surface area (Å²) in [5, 5.41) is 33.2. The number of esters is 1. The van der Waals surface area contributed by atoms with Crippen LogP contribution < -0.4 is 0 Å². The first kappa shape index (κ1) is 19.8. The summed E-state index contributed by atoms with van der Waals surface area (Å²) in [5.41, 5.74) is -1.70. The van der Waals surface area contributed by atoms with Gasteiger partial charge in [-0.05, 0) is 56.1 Å². The maximum absolute atomic E-state index is 12.0. The Morgan fingerprint density at radius 1 is 1.32 bits per heavy atom. The molecular weight excluding hydrogens is 360 g/mol. The van der Waals surface area contributed by atoms with Gasteiger partial charge in [0.25, 0.3) is 0 Å². The van der Waals surface area contributed by atoms with Crippen LogP contribution in [0.4, 0.5) is 0 Å². The van der Waals surface area contributed by atoms with Crippen LogP contribution in [0.25, 0.3) is 0 Å². The van der Waals surface area contributed by atoms with Gasteiger partial charge in [-0.15, -0.1) is 0 Å². The summed E-state index contributed by atoms with van der Waals surface area (Å²) >= 11 is 0. The predicted molar refractivity (Wildman–Crippen MR) is 101 cm³/mol. The molecule has 28 heavy (non-hydrogen) atoms. The van der Waals surface area contributed by atoms with Crippen molar-refractivity contribution in [1.82, 2.24) is 0 Å². The number of aliphatic hydroxyl groups is 3. The van der Waals surface area contributed by atoms with Gasteiger partial charge in [-0.3, -0.25) is 4.79 Å². The van der Waals surface area contributed by atoms with E-state index >= 15 is 0 Å². The lowest BCUT2D eigenvalue weighted by atomic mass is 9.46. The van der Waals surface area contributed by atoms with E-state index in [0.717, 1.165) is 18.4 Å². The molecule has 0 unspecified atom stereocenters. The summed E-state index contributed by atoms with van der Waals surface area (Å²) in [6.07, 6.45) is 5.82. The van der Waals surface area contributed by atoms with E-state index in [-0.39, 0.29) is 29.0 Å². The van der Waals surface area contributed by atoms with E-state index in [9.17, 15) is 24.9 Å². The highest BCUT2D eigenvalue weighted by Gasteiger charge is 2.68. The summed E-state index contributed by atoms with van der Waals surface area (Å²) in [5.74, 6) is -0.664. The van der Waals surface area contributed by atoms with Gasteiger partial charge in [0.2, 0.25) is 0 Å². The fourth-order valence-electron chi connectivity index (χ4n) is 7.12. The average Bonchev–Trinajstić information content (AvgIpc) is 2.92. The highest BCUT2D eigenvalue weighted by molar-refractivity contribution is 6.01. The molecule has 0 spiro atoms. The molecule has 0 amide bonds. The first-order chi connectivity index (χ1) is 13.1. The molecule has 0 heterocycles. The molecule has 0 radical (unpaired) electrons. The van der Waals surface area contributed by atoms with Crippen LogP contribution in [-0.2, 0) is 14.3 Å². The first-order valence-corrected chi connectivity index (χ1v) is 10.2. The van der Waals surface area contributed by atoms with Gasteiger partial charge in [0.1, 0.15) is 5.60 Å². The second-order valence-corrected chi connectivity index (χ2v) is 9.60. The molecule has 4 aliphatic carbocycles. The van der Waals surface area contributed by atoms with Crippen LogP contribution in [0.1, 0.15) is 46.0 Å². The Balaban J connectivity index is 1.72.